The normalized spacial score (nSPS) is 30.0. The minimum atomic E-state index is -4.20. The molecule has 12 heteroatoms. The summed E-state index contributed by atoms with van der Waals surface area (Å²) in [6, 6.07) is 10.5. The highest BCUT2D eigenvalue weighted by molar-refractivity contribution is 9.09. The van der Waals surface area contributed by atoms with E-state index in [4.69, 9.17) is 30.5 Å². The minimum absolute atomic E-state index is 0.0141. The van der Waals surface area contributed by atoms with Gasteiger partial charge in [-0.05, 0) is 75.3 Å². The van der Waals surface area contributed by atoms with Gasteiger partial charge in [0.05, 0.1) is 48.5 Å². The number of alkyl halides is 1. The quantitative estimate of drug-likeness (QED) is 0.342. The van der Waals surface area contributed by atoms with Crippen LogP contribution in [0.15, 0.2) is 53.4 Å². The lowest BCUT2D eigenvalue weighted by molar-refractivity contribution is -0.139. The maximum atomic E-state index is 13.5. The van der Waals surface area contributed by atoms with Gasteiger partial charge in [0.1, 0.15) is 17.1 Å². The molecule has 1 fully saturated rings. The highest BCUT2D eigenvalue weighted by atomic mass is 79.9. The van der Waals surface area contributed by atoms with Crippen LogP contribution < -0.4 is 19.1 Å². The lowest BCUT2D eigenvalue weighted by atomic mass is 9.69. The number of rotatable bonds is 3. The van der Waals surface area contributed by atoms with Crippen LogP contribution in [0.25, 0.3) is 0 Å². The van der Waals surface area contributed by atoms with Gasteiger partial charge in [-0.3, -0.25) is 4.79 Å². The Kier molecular flexibility index (Phi) is 8.98. The smallest absolute Gasteiger partial charge is 0.265 e. The summed E-state index contributed by atoms with van der Waals surface area (Å²) in [6.07, 6.45) is 6.55. The molecule has 4 aliphatic rings. The van der Waals surface area contributed by atoms with Gasteiger partial charge in [0.2, 0.25) is 0 Å². The Morgan fingerprint density at radius 2 is 1.98 bits per heavy atom. The van der Waals surface area contributed by atoms with Crippen molar-refractivity contribution in [2.75, 3.05) is 49.7 Å². The molecular formula is C32H38BrClN2O7S. The zero-order valence-electron chi connectivity index (χ0n) is 24.9. The number of hydrogen-bond acceptors (Lipinski definition) is 8. The number of hydrogen-bond donors (Lipinski definition) is 1. The monoisotopic (exact) mass is 708 g/mol. The van der Waals surface area contributed by atoms with Crippen LogP contribution in [0.4, 0.5) is 5.69 Å². The van der Waals surface area contributed by atoms with Gasteiger partial charge < -0.3 is 23.8 Å². The van der Waals surface area contributed by atoms with E-state index in [9.17, 15) is 13.2 Å². The molecule has 0 unspecified atom stereocenters. The lowest BCUT2D eigenvalue weighted by Crippen LogP contribution is -2.50. The molecule has 1 aliphatic carbocycles. The van der Waals surface area contributed by atoms with Crippen molar-refractivity contribution < 1.29 is 32.2 Å². The van der Waals surface area contributed by atoms with E-state index >= 15 is 0 Å². The van der Waals surface area contributed by atoms with Crippen molar-refractivity contribution in [3.05, 3.63) is 59.1 Å². The molecule has 0 aromatic heterocycles. The van der Waals surface area contributed by atoms with E-state index < -0.39 is 26.9 Å². The van der Waals surface area contributed by atoms with Crippen LogP contribution in [0.3, 0.4) is 0 Å². The number of carbonyl (C=O) groups excluding carboxylic acids is 1. The molecule has 1 amide bonds. The number of nitrogens with one attached hydrogen (secondary N) is 1. The van der Waals surface area contributed by atoms with Crippen LogP contribution in [0.5, 0.6) is 11.5 Å². The van der Waals surface area contributed by atoms with Crippen molar-refractivity contribution in [3.63, 3.8) is 0 Å². The number of amides is 1. The average molecular weight is 710 g/mol. The van der Waals surface area contributed by atoms with E-state index in [1.54, 1.807) is 26.0 Å². The summed E-state index contributed by atoms with van der Waals surface area (Å²) in [5.41, 5.74) is -0.0767. The van der Waals surface area contributed by atoms with E-state index in [0.29, 0.717) is 55.3 Å². The Labute approximate surface area is 272 Å². The van der Waals surface area contributed by atoms with Gasteiger partial charge in [0.25, 0.3) is 15.9 Å². The zero-order valence-corrected chi connectivity index (χ0v) is 28.0. The first-order chi connectivity index (χ1) is 21.0. The van der Waals surface area contributed by atoms with Crippen molar-refractivity contribution in [1.82, 2.24) is 4.72 Å². The number of fused-ring (bicyclic) bond motifs is 4. The number of sulfonamides is 1. The first-order valence-electron chi connectivity index (χ1n) is 15.0. The van der Waals surface area contributed by atoms with E-state index in [2.05, 4.69) is 25.6 Å². The van der Waals surface area contributed by atoms with Gasteiger partial charge in [-0.25, -0.2) is 13.1 Å². The third-order valence-corrected chi connectivity index (χ3v) is 11.2. The van der Waals surface area contributed by atoms with E-state index in [1.165, 1.54) is 6.07 Å². The van der Waals surface area contributed by atoms with Crippen LogP contribution in [0.1, 0.15) is 38.7 Å². The topological polar surface area (TPSA) is 103 Å². The molecule has 4 atom stereocenters. The van der Waals surface area contributed by atoms with Crippen LogP contribution in [0, 0.1) is 11.8 Å². The Morgan fingerprint density at radius 1 is 1.14 bits per heavy atom. The first-order valence-corrected chi connectivity index (χ1v) is 18.0. The fraction of sp³-hybridized carbons (Fsp3) is 0.531. The molecule has 2 bridgehead atoms. The van der Waals surface area contributed by atoms with Crippen molar-refractivity contribution in [1.29, 1.82) is 0 Å². The van der Waals surface area contributed by atoms with Crippen LogP contribution in [-0.2, 0) is 29.7 Å². The van der Waals surface area contributed by atoms with E-state index in [0.717, 1.165) is 35.9 Å². The van der Waals surface area contributed by atoms with Crippen LogP contribution in [0.2, 0.25) is 5.02 Å². The van der Waals surface area contributed by atoms with Crippen LogP contribution >= 0.6 is 27.5 Å². The third-order valence-electron chi connectivity index (χ3n) is 9.31. The molecule has 1 saturated carbocycles. The molecule has 238 valence electrons. The molecule has 1 N–H and O–H groups in total. The minimum Gasteiger partial charge on any atom is -0.493 e. The van der Waals surface area contributed by atoms with Gasteiger partial charge in [0, 0.05) is 29.0 Å². The molecule has 0 radical (unpaired) electrons. The molecule has 0 saturated heterocycles. The van der Waals surface area contributed by atoms with Crippen molar-refractivity contribution in [3.8, 4) is 11.5 Å². The highest BCUT2D eigenvalue weighted by Gasteiger charge is 2.45. The van der Waals surface area contributed by atoms with Gasteiger partial charge in [-0.2, -0.15) is 0 Å². The summed E-state index contributed by atoms with van der Waals surface area (Å²) in [4.78, 5) is 15.4. The highest BCUT2D eigenvalue weighted by Crippen LogP contribution is 2.47. The molecule has 3 heterocycles. The van der Waals surface area contributed by atoms with E-state index in [-0.39, 0.29) is 23.5 Å². The van der Waals surface area contributed by atoms with Crippen LogP contribution in [-0.4, -0.2) is 70.9 Å². The SMILES string of the molecule is CC1(C)OC/C=C/[C@H](OCCBr)[C@@H]2CC[C@H]2CN2C[C@@]3(CCOc4cc(Cl)ccc43)COc3ccc(cc32)S(=O)(=O)NC1=O. The lowest BCUT2D eigenvalue weighted by Gasteiger charge is -2.46. The van der Waals surface area contributed by atoms with Crippen molar-refractivity contribution in [2.45, 2.75) is 55.1 Å². The summed E-state index contributed by atoms with van der Waals surface area (Å²) in [5.74, 6) is 1.17. The van der Waals surface area contributed by atoms with Gasteiger partial charge in [-0.15, -0.1) is 0 Å². The van der Waals surface area contributed by atoms with Gasteiger partial charge >= 0.3 is 0 Å². The fourth-order valence-electron chi connectivity index (χ4n) is 6.62. The largest absolute Gasteiger partial charge is 0.493 e. The number of halogens is 2. The molecule has 3 aliphatic heterocycles. The summed E-state index contributed by atoms with van der Waals surface area (Å²) in [6.45, 7) is 6.02. The summed E-state index contributed by atoms with van der Waals surface area (Å²) >= 11 is 9.82. The van der Waals surface area contributed by atoms with Crippen molar-refractivity contribution in [2.24, 2.45) is 11.8 Å². The molecule has 6 rings (SSSR count). The predicted molar refractivity (Wildman–Crippen MR) is 172 cm³/mol. The first kappa shape index (κ1) is 31.7. The third kappa shape index (κ3) is 6.23. The summed E-state index contributed by atoms with van der Waals surface area (Å²) in [7, 11) is -4.20. The number of carbonyl (C=O) groups is 1. The fourth-order valence-corrected chi connectivity index (χ4v) is 8.09. The van der Waals surface area contributed by atoms with Crippen molar-refractivity contribution >= 4 is 49.1 Å². The molecule has 44 heavy (non-hydrogen) atoms. The number of nitrogens with zero attached hydrogens (tertiary/aromatic N) is 1. The second kappa shape index (κ2) is 12.5. The average Bonchev–Trinajstić information content (AvgIpc) is 3.12. The Hall–Kier alpha value is -2.31. The summed E-state index contributed by atoms with van der Waals surface area (Å²) < 4.78 is 53.9. The molecule has 2 aromatic rings. The standard InChI is InChI=1S/C32H38BrClN2O7S/c1-31(2)30(37)35-44(38,39)23-7-10-28-26(17-23)36(18-21-5-8-24(21)27(41-15-12-33)4-3-13-43-31)19-32(20-42-28)11-14-40-29-16-22(34)6-9-25(29)32/h3-4,6-7,9-10,16-17,21,24,27H,5,8,11-15,18-20H2,1-2H3,(H,35,37)/b4-3+/t21-,24+,27-,32-/m0/s1. The zero-order chi connectivity index (χ0) is 31.1. The Balaban J connectivity index is 1.43. The summed E-state index contributed by atoms with van der Waals surface area (Å²) in [5, 5.41) is 1.33. The second-order valence-electron chi connectivity index (χ2n) is 12.5. The number of anilines is 1. The molecular weight excluding hydrogens is 672 g/mol. The van der Waals surface area contributed by atoms with Gasteiger partial charge in [0.15, 0.2) is 0 Å². The number of benzene rings is 2. The molecule has 9 nitrogen and oxygen atoms in total. The Morgan fingerprint density at radius 3 is 2.75 bits per heavy atom. The van der Waals surface area contributed by atoms with E-state index in [1.807, 2.05) is 30.4 Å². The van der Waals surface area contributed by atoms with Gasteiger partial charge in [-0.1, -0.05) is 45.7 Å². The predicted octanol–water partition coefficient (Wildman–Crippen LogP) is 5.24. The molecule has 1 spiro atoms. The maximum absolute atomic E-state index is 13.5. The second-order valence-corrected chi connectivity index (χ2v) is 15.4. The number of ether oxygens (including phenoxy) is 4. The molecule has 2 aromatic carbocycles. The Bertz CT molecular complexity index is 1550. The maximum Gasteiger partial charge on any atom is 0.265 e.